The van der Waals surface area contributed by atoms with E-state index in [1.165, 1.54) is 17.9 Å². The molecule has 170 valence electrons. The van der Waals surface area contributed by atoms with Crippen molar-refractivity contribution in [3.05, 3.63) is 28.3 Å². The summed E-state index contributed by atoms with van der Waals surface area (Å²) in [4.78, 5) is 25.8. The number of anilines is 1. The maximum Gasteiger partial charge on any atom is 0.511 e. The largest absolute Gasteiger partial charge is 0.511 e. The van der Waals surface area contributed by atoms with E-state index in [1.807, 2.05) is 4.90 Å². The zero-order valence-corrected chi connectivity index (χ0v) is 17.4. The van der Waals surface area contributed by atoms with Gasteiger partial charge in [0.2, 0.25) is 5.43 Å². The van der Waals surface area contributed by atoms with E-state index in [9.17, 15) is 14.0 Å². The minimum Gasteiger partial charge on any atom is -0.492 e. The fourth-order valence-corrected chi connectivity index (χ4v) is 6.31. The number of ether oxygens (including phenoxy) is 2. The van der Waals surface area contributed by atoms with Crippen LogP contribution in [0.25, 0.3) is 10.9 Å². The molecule has 8 nitrogen and oxygen atoms in total. The van der Waals surface area contributed by atoms with Crippen LogP contribution in [0.3, 0.4) is 0 Å². The van der Waals surface area contributed by atoms with Gasteiger partial charge in [-0.1, -0.05) is 0 Å². The van der Waals surface area contributed by atoms with Gasteiger partial charge in [0.25, 0.3) is 0 Å². The fraction of sp³-hybridized carbons (Fsp3) is 0.545. The molecule has 3 N–H and O–H groups in total. The van der Waals surface area contributed by atoms with Crippen molar-refractivity contribution in [3.8, 4) is 11.5 Å². The quantitative estimate of drug-likeness (QED) is 0.694. The molecule has 1 aliphatic heterocycles. The molecular weight excluding hydrogens is 424 g/mol. The number of nitrogens with zero attached hydrogens (tertiary/aromatic N) is 2. The third kappa shape index (κ3) is 2.44. The maximum atomic E-state index is 15.5. The highest BCUT2D eigenvalue weighted by Gasteiger charge is 2.72. The predicted octanol–water partition coefficient (Wildman–Crippen LogP) is 2.81. The number of halogens is 2. The summed E-state index contributed by atoms with van der Waals surface area (Å²) in [7, 11) is 1.38. The number of methoxy groups -OCH3 is 1. The van der Waals surface area contributed by atoms with E-state index >= 15 is 4.39 Å². The van der Waals surface area contributed by atoms with Crippen molar-refractivity contribution in [2.45, 2.75) is 43.4 Å². The molecule has 2 aromatic rings. The van der Waals surface area contributed by atoms with E-state index < -0.39 is 35.4 Å². The third-order valence-corrected chi connectivity index (χ3v) is 8.03. The van der Waals surface area contributed by atoms with Crippen LogP contribution in [0, 0.1) is 17.2 Å². The van der Waals surface area contributed by atoms with E-state index in [0.29, 0.717) is 19.0 Å². The fourth-order valence-electron chi connectivity index (χ4n) is 6.31. The van der Waals surface area contributed by atoms with Gasteiger partial charge in [-0.15, -0.1) is 0 Å². The zero-order chi connectivity index (χ0) is 22.6. The summed E-state index contributed by atoms with van der Waals surface area (Å²) in [6, 6.07) is 0.446. The van der Waals surface area contributed by atoms with E-state index in [0.717, 1.165) is 25.3 Å². The summed E-state index contributed by atoms with van der Waals surface area (Å²) in [5, 5.41) is 8.85. The molecule has 1 aromatic carbocycles. The maximum absolute atomic E-state index is 15.5. The minimum atomic E-state index is -1.68. The molecule has 2 heterocycles. The van der Waals surface area contributed by atoms with Crippen LogP contribution in [0.2, 0.25) is 0 Å². The molecule has 5 atom stereocenters. The van der Waals surface area contributed by atoms with Crippen LogP contribution < -0.4 is 25.5 Å². The number of fused-ring (bicyclic) bond motifs is 1. The molecule has 4 fully saturated rings. The average molecular weight is 447 g/mol. The van der Waals surface area contributed by atoms with Crippen LogP contribution in [0.1, 0.15) is 31.7 Å². The number of carbonyl (C=O) groups is 1. The highest BCUT2D eigenvalue weighted by atomic mass is 19.1. The van der Waals surface area contributed by atoms with Crippen LogP contribution in [0.5, 0.6) is 11.5 Å². The van der Waals surface area contributed by atoms with Gasteiger partial charge in [0.05, 0.1) is 30.3 Å². The Kier molecular flexibility index (Phi) is 3.78. The number of pyridine rings is 1. The molecular formula is C22H23F2N3O5. The lowest BCUT2D eigenvalue weighted by molar-refractivity contribution is 0.143. The molecule has 1 saturated heterocycles. The lowest BCUT2D eigenvalue weighted by atomic mass is 9.86. The van der Waals surface area contributed by atoms with Gasteiger partial charge in [0.15, 0.2) is 17.3 Å². The van der Waals surface area contributed by atoms with Crippen LogP contribution in [-0.4, -0.2) is 47.7 Å². The van der Waals surface area contributed by atoms with Crippen LogP contribution >= 0.6 is 0 Å². The first-order valence-corrected chi connectivity index (χ1v) is 10.7. The number of rotatable bonds is 4. The second-order valence-electron chi connectivity index (χ2n) is 9.66. The first kappa shape index (κ1) is 19.8. The lowest BCUT2D eigenvalue weighted by Gasteiger charge is -2.27. The van der Waals surface area contributed by atoms with Crippen LogP contribution in [0.4, 0.5) is 19.3 Å². The highest BCUT2D eigenvalue weighted by molar-refractivity contribution is 5.93. The molecule has 0 bridgehead atoms. The Balaban J connectivity index is 1.56. The van der Waals surface area contributed by atoms with E-state index in [1.54, 1.807) is 0 Å². The van der Waals surface area contributed by atoms with Crippen molar-refractivity contribution < 1.29 is 28.2 Å². The Bertz CT molecular complexity index is 1240. The van der Waals surface area contributed by atoms with Crippen molar-refractivity contribution in [2.24, 2.45) is 17.1 Å². The monoisotopic (exact) mass is 447 g/mol. The molecule has 10 heteroatoms. The molecule has 32 heavy (non-hydrogen) atoms. The highest BCUT2D eigenvalue weighted by Crippen LogP contribution is 2.70. The Morgan fingerprint density at radius 2 is 2.12 bits per heavy atom. The van der Waals surface area contributed by atoms with Crippen LogP contribution in [0.15, 0.2) is 17.1 Å². The van der Waals surface area contributed by atoms with Crippen molar-refractivity contribution in [1.29, 1.82) is 0 Å². The van der Waals surface area contributed by atoms with E-state index in [4.69, 9.17) is 15.6 Å². The Morgan fingerprint density at radius 1 is 1.38 bits per heavy atom. The first-order valence-electron chi connectivity index (χ1n) is 10.7. The van der Waals surface area contributed by atoms with Crippen molar-refractivity contribution in [2.75, 3.05) is 25.1 Å². The number of carboxylic acid groups (broad SMARTS) is 1. The van der Waals surface area contributed by atoms with Gasteiger partial charge >= 0.3 is 6.16 Å². The summed E-state index contributed by atoms with van der Waals surface area (Å²) in [5.74, 6) is -0.500. The molecule has 1 spiro atoms. The second-order valence-corrected chi connectivity index (χ2v) is 9.66. The minimum absolute atomic E-state index is 0.0151. The second kappa shape index (κ2) is 6.12. The average Bonchev–Trinajstić information content (AvgIpc) is 3.58. The molecule has 4 aliphatic rings. The summed E-state index contributed by atoms with van der Waals surface area (Å²) >= 11 is 0. The molecule has 3 aliphatic carbocycles. The lowest BCUT2D eigenvalue weighted by Crippen LogP contribution is -2.46. The number of aromatic nitrogens is 1. The number of hydrogen-bond acceptors (Lipinski definition) is 6. The van der Waals surface area contributed by atoms with Gasteiger partial charge < -0.3 is 29.8 Å². The van der Waals surface area contributed by atoms with E-state index in [2.05, 4.69) is 4.74 Å². The van der Waals surface area contributed by atoms with Gasteiger partial charge in [-0.3, -0.25) is 4.79 Å². The Morgan fingerprint density at radius 3 is 2.72 bits per heavy atom. The summed E-state index contributed by atoms with van der Waals surface area (Å²) in [6.45, 7) is 1.08. The smallest absolute Gasteiger partial charge is 0.492 e. The van der Waals surface area contributed by atoms with Crippen molar-refractivity contribution >= 4 is 22.7 Å². The standard InChI is InChI=1S/C22H23F2N3O5/c1-31-19-16-11(18(28)15(32-20(29)30)7-27(16)14-5-12(14)23)4-13(24)17(19)26-8-21-6-10(21)2-3-22(21,25)9-26/h4,7,10,12,14H,2-3,5-6,8-9,25H2,1H3,(H,29,30)/t10?,12-,14+,21?,22?/m0/s1. The summed E-state index contributed by atoms with van der Waals surface area (Å²) < 4.78 is 41.2. The normalized spacial score (nSPS) is 34.4. The van der Waals surface area contributed by atoms with Crippen LogP contribution in [-0.2, 0) is 0 Å². The third-order valence-electron chi connectivity index (χ3n) is 8.03. The number of alkyl halides is 1. The van der Waals surface area contributed by atoms with Gasteiger partial charge in [0.1, 0.15) is 11.9 Å². The molecule has 0 amide bonds. The van der Waals surface area contributed by atoms with Gasteiger partial charge in [-0.25, -0.2) is 13.6 Å². The molecule has 6 rings (SSSR count). The van der Waals surface area contributed by atoms with Gasteiger partial charge in [-0.05, 0) is 31.2 Å². The molecule has 3 unspecified atom stereocenters. The Labute approximate surface area is 181 Å². The topological polar surface area (TPSA) is 107 Å². The molecule has 3 saturated carbocycles. The van der Waals surface area contributed by atoms with Crippen molar-refractivity contribution in [1.82, 2.24) is 4.57 Å². The summed E-state index contributed by atoms with van der Waals surface area (Å²) in [6.07, 6.45) is 1.53. The van der Waals surface area contributed by atoms with Gasteiger partial charge in [0, 0.05) is 30.5 Å². The SMILES string of the molecule is COc1c(N2CC3(N)CCC4CC43C2)c(F)cc2c(=O)c(OC(=O)O)cn([C@@H]3C[C@@H]3F)c12. The molecule has 0 radical (unpaired) electrons. The van der Waals surface area contributed by atoms with E-state index in [-0.39, 0.29) is 39.7 Å². The predicted molar refractivity (Wildman–Crippen MR) is 111 cm³/mol. The number of benzene rings is 1. The van der Waals surface area contributed by atoms with Crippen molar-refractivity contribution in [3.63, 3.8) is 0 Å². The first-order chi connectivity index (χ1) is 15.2. The number of nitrogens with two attached hydrogens (primary N) is 1. The van der Waals surface area contributed by atoms with Gasteiger partial charge in [-0.2, -0.15) is 0 Å². The molecule has 1 aromatic heterocycles. The zero-order valence-electron chi connectivity index (χ0n) is 17.4. The number of hydrogen-bond donors (Lipinski definition) is 2. The summed E-state index contributed by atoms with van der Waals surface area (Å²) in [5.41, 5.74) is 5.97. The Hall–Kier alpha value is -2.88.